The van der Waals surface area contributed by atoms with E-state index in [2.05, 4.69) is 17.3 Å². The second kappa shape index (κ2) is 6.61. The first-order chi connectivity index (χ1) is 7.86. The van der Waals surface area contributed by atoms with E-state index in [4.69, 9.17) is 0 Å². The zero-order chi connectivity index (χ0) is 11.2. The highest BCUT2D eigenvalue weighted by molar-refractivity contribution is 4.76. The van der Waals surface area contributed by atoms with Crippen LogP contribution in [0.15, 0.2) is 0 Å². The van der Waals surface area contributed by atoms with Crippen molar-refractivity contribution in [3.05, 3.63) is 0 Å². The van der Waals surface area contributed by atoms with Gasteiger partial charge in [0, 0.05) is 6.04 Å². The van der Waals surface area contributed by atoms with E-state index in [1.807, 2.05) is 0 Å². The molecule has 1 saturated heterocycles. The first-order valence-electron chi connectivity index (χ1n) is 7.27. The molecule has 0 spiro atoms. The van der Waals surface area contributed by atoms with Crippen molar-refractivity contribution in [2.24, 2.45) is 5.92 Å². The Morgan fingerprint density at radius 2 is 1.69 bits per heavy atom. The van der Waals surface area contributed by atoms with Gasteiger partial charge in [-0.05, 0) is 51.9 Å². The van der Waals surface area contributed by atoms with Gasteiger partial charge >= 0.3 is 0 Å². The molecule has 2 nitrogen and oxygen atoms in total. The van der Waals surface area contributed by atoms with Crippen molar-refractivity contribution in [3.8, 4) is 0 Å². The lowest BCUT2D eigenvalue weighted by atomic mass is 9.87. The molecule has 0 aromatic rings. The van der Waals surface area contributed by atoms with Gasteiger partial charge in [0.25, 0.3) is 0 Å². The standard InChI is InChI=1S/C14H28N2/c1-16(14-7-10-15-11-8-14)12-9-13-5-3-2-4-6-13/h13-15H,2-12H2,1H3. The molecule has 0 radical (unpaired) electrons. The highest BCUT2D eigenvalue weighted by Crippen LogP contribution is 2.26. The first kappa shape index (κ1) is 12.4. The molecule has 2 heteroatoms. The molecule has 0 amide bonds. The Balaban J connectivity index is 1.63. The topological polar surface area (TPSA) is 15.3 Å². The average molecular weight is 224 g/mol. The quantitative estimate of drug-likeness (QED) is 0.790. The second-order valence-electron chi connectivity index (χ2n) is 5.75. The Morgan fingerprint density at radius 3 is 2.38 bits per heavy atom. The van der Waals surface area contributed by atoms with Crippen molar-refractivity contribution >= 4 is 0 Å². The molecule has 1 saturated carbocycles. The molecule has 1 aliphatic heterocycles. The SMILES string of the molecule is CN(CCC1CCCCC1)C1CCNCC1. The van der Waals surface area contributed by atoms with Crippen molar-refractivity contribution in [1.29, 1.82) is 0 Å². The molecule has 16 heavy (non-hydrogen) atoms. The Kier molecular flexibility index (Phi) is 5.11. The van der Waals surface area contributed by atoms with Gasteiger partial charge in [-0.3, -0.25) is 0 Å². The van der Waals surface area contributed by atoms with Crippen molar-refractivity contribution < 1.29 is 0 Å². The lowest BCUT2D eigenvalue weighted by molar-refractivity contribution is 0.179. The van der Waals surface area contributed by atoms with Crippen molar-refractivity contribution in [2.45, 2.75) is 57.4 Å². The monoisotopic (exact) mass is 224 g/mol. The molecule has 2 fully saturated rings. The molecule has 2 aliphatic rings. The minimum atomic E-state index is 0.852. The molecule has 2 rings (SSSR count). The highest BCUT2D eigenvalue weighted by Gasteiger charge is 2.19. The summed E-state index contributed by atoms with van der Waals surface area (Å²) in [5, 5.41) is 3.45. The summed E-state index contributed by atoms with van der Waals surface area (Å²) in [6.45, 7) is 3.77. The molecular formula is C14H28N2. The molecule has 0 aromatic heterocycles. The van der Waals surface area contributed by atoms with Crippen molar-refractivity contribution in [1.82, 2.24) is 10.2 Å². The summed E-state index contributed by atoms with van der Waals surface area (Å²) in [5.41, 5.74) is 0. The number of hydrogen-bond donors (Lipinski definition) is 1. The van der Waals surface area contributed by atoms with Crippen LogP contribution < -0.4 is 5.32 Å². The van der Waals surface area contributed by atoms with E-state index >= 15 is 0 Å². The first-order valence-corrected chi connectivity index (χ1v) is 7.27. The Hall–Kier alpha value is -0.0800. The van der Waals surface area contributed by atoms with Gasteiger partial charge in [-0.2, -0.15) is 0 Å². The van der Waals surface area contributed by atoms with Crippen molar-refractivity contribution in [2.75, 3.05) is 26.7 Å². The third-order valence-electron chi connectivity index (χ3n) is 4.55. The number of hydrogen-bond acceptors (Lipinski definition) is 2. The summed E-state index contributed by atoms with van der Waals surface area (Å²) >= 11 is 0. The van der Waals surface area contributed by atoms with Gasteiger partial charge in [0.2, 0.25) is 0 Å². The normalized spacial score (nSPS) is 25.1. The maximum atomic E-state index is 3.45. The molecule has 1 heterocycles. The van der Waals surface area contributed by atoms with E-state index in [1.165, 1.54) is 71.0 Å². The van der Waals surface area contributed by atoms with Gasteiger partial charge in [-0.15, -0.1) is 0 Å². The Morgan fingerprint density at radius 1 is 1.00 bits per heavy atom. The third kappa shape index (κ3) is 3.74. The van der Waals surface area contributed by atoms with Crippen LogP contribution in [0.4, 0.5) is 0 Å². The lowest BCUT2D eigenvalue weighted by Crippen LogP contribution is -2.41. The summed E-state index contributed by atoms with van der Waals surface area (Å²) in [6, 6.07) is 0.852. The van der Waals surface area contributed by atoms with Gasteiger partial charge in [-0.1, -0.05) is 32.1 Å². The molecule has 1 aliphatic carbocycles. The molecular weight excluding hydrogens is 196 g/mol. The van der Waals surface area contributed by atoms with Crippen LogP contribution in [0.5, 0.6) is 0 Å². The third-order valence-corrected chi connectivity index (χ3v) is 4.55. The minimum absolute atomic E-state index is 0.852. The van der Waals surface area contributed by atoms with Crippen LogP contribution in [0.25, 0.3) is 0 Å². The number of rotatable bonds is 4. The highest BCUT2D eigenvalue weighted by atomic mass is 15.1. The minimum Gasteiger partial charge on any atom is -0.317 e. The summed E-state index contributed by atoms with van der Waals surface area (Å²) in [6.07, 6.45) is 11.6. The van der Waals surface area contributed by atoms with Crippen LogP contribution in [0.1, 0.15) is 51.4 Å². The number of nitrogens with zero attached hydrogens (tertiary/aromatic N) is 1. The smallest absolute Gasteiger partial charge is 0.0116 e. The van der Waals surface area contributed by atoms with E-state index in [9.17, 15) is 0 Å². The van der Waals surface area contributed by atoms with Crippen LogP contribution in [-0.4, -0.2) is 37.6 Å². The fourth-order valence-electron chi connectivity index (χ4n) is 3.29. The van der Waals surface area contributed by atoms with E-state index in [-0.39, 0.29) is 0 Å². The van der Waals surface area contributed by atoms with Crippen LogP contribution in [0.3, 0.4) is 0 Å². The maximum Gasteiger partial charge on any atom is 0.0116 e. The lowest BCUT2D eigenvalue weighted by Gasteiger charge is -2.33. The molecule has 1 N–H and O–H groups in total. The van der Waals surface area contributed by atoms with Crippen LogP contribution in [0.2, 0.25) is 0 Å². The fourth-order valence-corrected chi connectivity index (χ4v) is 3.29. The number of piperidine rings is 1. The molecule has 0 unspecified atom stereocenters. The zero-order valence-electron chi connectivity index (χ0n) is 10.9. The Bertz CT molecular complexity index is 181. The molecule has 0 bridgehead atoms. The van der Waals surface area contributed by atoms with Gasteiger partial charge in [-0.25, -0.2) is 0 Å². The summed E-state index contributed by atoms with van der Waals surface area (Å²) in [4.78, 5) is 2.62. The van der Waals surface area contributed by atoms with Crippen LogP contribution >= 0.6 is 0 Å². The molecule has 94 valence electrons. The fraction of sp³-hybridized carbons (Fsp3) is 1.00. The molecule has 0 aromatic carbocycles. The van der Waals surface area contributed by atoms with E-state index < -0.39 is 0 Å². The summed E-state index contributed by atoms with van der Waals surface area (Å²) < 4.78 is 0. The van der Waals surface area contributed by atoms with Crippen LogP contribution in [-0.2, 0) is 0 Å². The average Bonchev–Trinajstić information content (AvgIpc) is 2.38. The van der Waals surface area contributed by atoms with Crippen LogP contribution in [0, 0.1) is 5.92 Å². The van der Waals surface area contributed by atoms with E-state index in [1.54, 1.807) is 0 Å². The van der Waals surface area contributed by atoms with Gasteiger partial charge < -0.3 is 10.2 Å². The van der Waals surface area contributed by atoms with Crippen molar-refractivity contribution in [3.63, 3.8) is 0 Å². The Labute approximate surface area is 101 Å². The largest absolute Gasteiger partial charge is 0.317 e. The van der Waals surface area contributed by atoms with Gasteiger partial charge in [0.05, 0.1) is 0 Å². The summed E-state index contributed by atoms with van der Waals surface area (Å²) in [7, 11) is 2.33. The zero-order valence-corrected chi connectivity index (χ0v) is 10.9. The van der Waals surface area contributed by atoms with E-state index in [0.29, 0.717) is 0 Å². The molecule has 0 atom stereocenters. The maximum absolute atomic E-state index is 3.45. The predicted molar refractivity (Wildman–Crippen MR) is 69.7 cm³/mol. The van der Waals surface area contributed by atoms with Gasteiger partial charge in [0.1, 0.15) is 0 Å². The second-order valence-corrected chi connectivity index (χ2v) is 5.75. The summed E-state index contributed by atoms with van der Waals surface area (Å²) in [5.74, 6) is 1.04. The van der Waals surface area contributed by atoms with E-state index in [0.717, 1.165) is 12.0 Å². The number of nitrogens with one attached hydrogen (secondary N) is 1. The van der Waals surface area contributed by atoms with Gasteiger partial charge in [0.15, 0.2) is 0 Å². The predicted octanol–water partition coefficient (Wildman–Crippen LogP) is 2.64.